The highest BCUT2D eigenvalue weighted by molar-refractivity contribution is 6.02. The number of benzene rings is 1. The van der Waals surface area contributed by atoms with Gasteiger partial charge in [0.05, 0.1) is 5.69 Å². The summed E-state index contributed by atoms with van der Waals surface area (Å²) < 4.78 is 5.13. The molecular weight excluding hydrogens is 278 g/mol. The number of hydrogen-bond acceptors (Lipinski definition) is 4. The molecule has 0 aliphatic rings. The van der Waals surface area contributed by atoms with Gasteiger partial charge in [0.2, 0.25) is 5.76 Å². The summed E-state index contributed by atoms with van der Waals surface area (Å²) in [6.07, 6.45) is 0.959. The molecule has 5 nitrogen and oxygen atoms in total. The number of carbonyl (C=O) groups excluding carboxylic acids is 1. The summed E-state index contributed by atoms with van der Waals surface area (Å²) in [4.78, 5) is 14.2. The molecule has 1 atom stereocenters. The van der Waals surface area contributed by atoms with Crippen LogP contribution in [0.5, 0.6) is 0 Å². The van der Waals surface area contributed by atoms with Crippen molar-refractivity contribution in [3.8, 4) is 0 Å². The van der Waals surface area contributed by atoms with Crippen molar-refractivity contribution in [1.29, 1.82) is 0 Å². The molecule has 1 amide bonds. The van der Waals surface area contributed by atoms with E-state index in [2.05, 4.69) is 29.2 Å². The molecule has 1 aromatic carbocycles. The molecule has 0 radical (unpaired) electrons. The Hall–Kier alpha value is -2.14. The lowest BCUT2D eigenvalue weighted by molar-refractivity contribution is 0.0988. The van der Waals surface area contributed by atoms with Gasteiger partial charge in [0.15, 0.2) is 0 Å². The van der Waals surface area contributed by atoms with E-state index in [0.717, 1.165) is 24.3 Å². The molecule has 0 aliphatic carbocycles. The summed E-state index contributed by atoms with van der Waals surface area (Å²) in [5, 5.41) is 6.78. The molecule has 0 saturated carbocycles. The zero-order valence-corrected chi connectivity index (χ0v) is 13.6. The fraction of sp³-hybridized carbons (Fsp3) is 0.412. The Morgan fingerprint density at radius 2 is 2.00 bits per heavy atom. The van der Waals surface area contributed by atoms with Crippen LogP contribution in [-0.2, 0) is 6.54 Å². The van der Waals surface area contributed by atoms with E-state index >= 15 is 0 Å². The quantitative estimate of drug-likeness (QED) is 0.887. The molecular formula is C17H23N3O2. The summed E-state index contributed by atoms with van der Waals surface area (Å²) in [5.74, 6) is 0.255. The van der Waals surface area contributed by atoms with Crippen molar-refractivity contribution in [2.75, 3.05) is 19.4 Å². The third kappa shape index (κ3) is 4.18. The largest absolute Gasteiger partial charge is 0.351 e. The molecule has 0 aliphatic heterocycles. The van der Waals surface area contributed by atoms with Crippen molar-refractivity contribution in [2.45, 2.75) is 32.7 Å². The molecule has 118 valence electrons. The minimum absolute atomic E-state index is 0.243. The van der Waals surface area contributed by atoms with E-state index in [1.54, 1.807) is 6.07 Å². The van der Waals surface area contributed by atoms with Crippen molar-refractivity contribution in [3.05, 3.63) is 47.3 Å². The van der Waals surface area contributed by atoms with Gasteiger partial charge in [-0.2, -0.15) is 0 Å². The lowest BCUT2D eigenvalue weighted by atomic mass is 10.1. The minimum Gasteiger partial charge on any atom is -0.351 e. The number of rotatable bonds is 6. The Labute approximate surface area is 131 Å². The maximum atomic E-state index is 12.1. The molecule has 1 heterocycles. The van der Waals surface area contributed by atoms with Gasteiger partial charge in [-0.25, -0.2) is 0 Å². The molecule has 1 aromatic heterocycles. The highest BCUT2D eigenvalue weighted by Crippen LogP contribution is 2.19. The van der Waals surface area contributed by atoms with E-state index in [1.165, 1.54) is 5.56 Å². The van der Waals surface area contributed by atoms with Gasteiger partial charge in [0.1, 0.15) is 0 Å². The summed E-state index contributed by atoms with van der Waals surface area (Å²) in [7, 11) is 4.04. The van der Waals surface area contributed by atoms with Crippen LogP contribution < -0.4 is 5.32 Å². The van der Waals surface area contributed by atoms with Gasteiger partial charge in [-0.1, -0.05) is 31.1 Å². The molecule has 5 heteroatoms. The monoisotopic (exact) mass is 301 g/mol. The van der Waals surface area contributed by atoms with Gasteiger partial charge in [-0.3, -0.25) is 4.79 Å². The maximum absolute atomic E-state index is 12.1. The lowest BCUT2D eigenvalue weighted by Gasteiger charge is -2.10. The van der Waals surface area contributed by atoms with Crippen molar-refractivity contribution in [2.24, 2.45) is 0 Å². The zero-order chi connectivity index (χ0) is 16.1. The first kappa shape index (κ1) is 16.2. The van der Waals surface area contributed by atoms with Gasteiger partial charge < -0.3 is 14.7 Å². The first-order valence-electron chi connectivity index (χ1n) is 7.51. The predicted molar refractivity (Wildman–Crippen MR) is 87.0 cm³/mol. The molecule has 0 fully saturated rings. The van der Waals surface area contributed by atoms with Gasteiger partial charge in [-0.05, 0) is 38.2 Å². The fourth-order valence-electron chi connectivity index (χ4n) is 2.09. The molecule has 22 heavy (non-hydrogen) atoms. The van der Waals surface area contributed by atoms with Crippen LogP contribution in [-0.4, -0.2) is 30.1 Å². The third-order valence-corrected chi connectivity index (χ3v) is 3.58. The van der Waals surface area contributed by atoms with E-state index in [-0.39, 0.29) is 17.6 Å². The van der Waals surface area contributed by atoms with Crippen LogP contribution in [0, 0.1) is 0 Å². The Morgan fingerprint density at radius 3 is 2.59 bits per heavy atom. The topological polar surface area (TPSA) is 58.4 Å². The van der Waals surface area contributed by atoms with Crippen molar-refractivity contribution < 1.29 is 9.32 Å². The van der Waals surface area contributed by atoms with E-state index in [9.17, 15) is 4.79 Å². The number of carbonyl (C=O) groups is 1. The number of anilines is 1. The molecule has 2 aromatic rings. The predicted octanol–water partition coefficient (Wildman–Crippen LogP) is 3.50. The Morgan fingerprint density at radius 1 is 1.32 bits per heavy atom. The number of aromatic nitrogens is 1. The molecule has 1 N–H and O–H groups in total. The van der Waals surface area contributed by atoms with Crippen molar-refractivity contribution in [1.82, 2.24) is 10.1 Å². The van der Waals surface area contributed by atoms with Gasteiger partial charge >= 0.3 is 0 Å². The normalized spacial score (nSPS) is 12.4. The van der Waals surface area contributed by atoms with E-state index in [4.69, 9.17) is 4.52 Å². The van der Waals surface area contributed by atoms with Gasteiger partial charge in [0, 0.05) is 24.2 Å². The highest BCUT2D eigenvalue weighted by atomic mass is 16.5. The van der Waals surface area contributed by atoms with Crippen molar-refractivity contribution >= 4 is 11.6 Å². The van der Waals surface area contributed by atoms with Crippen LogP contribution in [0.25, 0.3) is 0 Å². The van der Waals surface area contributed by atoms with E-state index in [1.807, 2.05) is 38.4 Å². The highest BCUT2D eigenvalue weighted by Gasteiger charge is 2.16. The molecule has 2 rings (SSSR count). The first-order chi connectivity index (χ1) is 10.5. The van der Waals surface area contributed by atoms with Crippen LogP contribution in [0.2, 0.25) is 0 Å². The molecule has 0 saturated heterocycles. The second kappa shape index (κ2) is 7.22. The SMILES string of the molecule is CC[C@H](C)c1cc(C(=O)Nc2ccc(CN(C)C)cc2)on1. The van der Waals surface area contributed by atoms with Crippen LogP contribution in [0.3, 0.4) is 0 Å². The van der Waals surface area contributed by atoms with Crippen LogP contribution in [0.4, 0.5) is 5.69 Å². The summed E-state index contributed by atoms with van der Waals surface area (Å²) in [5.41, 5.74) is 2.75. The Kier molecular flexibility index (Phi) is 5.33. The van der Waals surface area contributed by atoms with Gasteiger partial charge in [0.25, 0.3) is 5.91 Å². The zero-order valence-electron chi connectivity index (χ0n) is 13.6. The van der Waals surface area contributed by atoms with Crippen LogP contribution >= 0.6 is 0 Å². The van der Waals surface area contributed by atoms with Crippen LogP contribution in [0.1, 0.15) is 48.0 Å². The van der Waals surface area contributed by atoms with E-state index < -0.39 is 0 Å². The van der Waals surface area contributed by atoms with Gasteiger partial charge in [-0.15, -0.1) is 0 Å². The Balaban J connectivity index is 2.01. The molecule has 0 unspecified atom stereocenters. The standard InChI is InChI=1S/C17H23N3O2/c1-5-12(2)15-10-16(22-19-15)17(21)18-14-8-6-13(7-9-14)11-20(3)4/h6-10,12H,5,11H2,1-4H3,(H,18,21)/t12-/m0/s1. The second-order valence-electron chi connectivity index (χ2n) is 5.81. The smallest absolute Gasteiger partial charge is 0.294 e. The number of nitrogens with zero attached hydrogens (tertiary/aromatic N) is 2. The first-order valence-corrected chi connectivity index (χ1v) is 7.51. The number of hydrogen-bond donors (Lipinski definition) is 1. The molecule has 0 bridgehead atoms. The molecule has 0 spiro atoms. The van der Waals surface area contributed by atoms with Crippen LogP contribution in [0.15, 0.2) is 34.9 Å². The summed E-state index contributed by atoms with van der Waals surface area (Å²) >= 11 is 0. The summed E-state index contributed by atoms with van der Waals surface area (Å²) in [6, 6.07) is 9.50. The van der Waals surface area contributed by atoms with E-state index in [0.29, 0.717) is 0 Å². The maximum Gasteiger partial charge on any atom is 0.294 e. The number of nitrogens with one attached hydrogen (secondary N) is 1. The minimum atomic E-state index is -0.276. The second-order valence-corrected chi connectivity index (χ2v) is 5.81. The third-order valence-electron chi connectivity index (χ3n) is 3.58. The fourth-order valence-corrected chi connectivity index (χ4v) is 2.09. The Bertz CT molecular complexity index is 617. The average molecular weight is 301 g/mol. The average Bonchev–Trinajstić information content (AvgIpc) is 2.98. The number of amides is 1. The van der Waals surface area contributed by atoms with Crippen molar-refractivity contribution in [3.63, 3.8) is 0 Å². The summed E-state index contributed by atoms with van der Waals surface area (Å²) in [6.45, 7) is 5.01. The lowest BCUT2D eigenvalue weighted by Crippen LogP contribution is -2.12.